The van der Waals surface area contributed by atoms with Crippen LogP contribution in [0.1, 0.15) is 81.2 Å². The first kappa shape index (κ1) is 58.6. The van der Waals surface area contributed by atoms with Crippen LogP contribution < -0.4 is 19.3 Å². The molecule has 0 saturated heterocycles. The number of nitriles is 1. The Bertz CT molecular complexity index is 4240. The Balaban J connectivity index is 0.948. The van der Waals surface area contributed by atoms with Crippen molar-refractivity contribution in [2.75, 3.05) is 23.0 Å². The van der Waals surface area contributed by atoms with Gasteiger partial charge in [0.1, 0.15) is 29.9 Å². The van der Waals surface area contributed by atoms with Gasteiger partial charge in [0, 0.05) is 54.7 Å². The van der Waals surface area contributed by atoms with Crippen LogP contribution in [-0.2, 0) is 17.6 Å². The maximum absolute atomic E-state index is 12.1. The van der Waals surface area contributed by atoms with Crippen molar-refractivity contribution in [3.05, 3.63) is 240 Å². The molecule has 1 aliphatic rings. The van der Waals surface area contributed by atoms with Crippen LogP contribution in [0.5, 0.6) is 11.5 Å². The molecule has 12 aromatic rings. The summed E-state index contributed by atoms with van der Waals surface area (Å²) < 4.78 is 15.1. The number of hydrogen-bond acceptors (Lipinski definition) is 9. The van der Waals surface area contributed by atoms with E-state index in [2.05, 4.69) is 247 Å². The lowest BCUT2D eigenvalue weighted by Gasteiger charge is -2.25. The number of anilines is 6. The van der Waals surface area contributed by atoms with E-state index in [4.69, 9.17) is 9.47 Å². The molecule has 442 valence electrons. The lowest BCUT2D eigenvalue weighted by atomic mass is 9.99. The van der Waals surface area contributed by atoms with Gasteiger partial charge < -0.3 is 28.9 Å². The summed E-state index contributed by atoms with van der Waals surface area (Å²) in [5.41, 5.74) is 15.6. The van der Waals surface area contributed by atoms with E-state index in [1.165, 1.54) is 66.9 Å². The molecule has 0 saturated carbocycles. The molecular weight excluding hydrogens is 1150 g/mol. The van der Waals surface area contributed by atoms with Gasteiger partial charge in [-0.3, -0.25) is 0 Å². The highest BCUT2D eigenvalue weighted by Crippen LogP contribution is 2.55. The number of rotatable bonds is 23. The Morgan fingerprint density at radius 1 is 0.494 bits per heavy atom. The van der Waals surface area contributed by atoms with Gasteiger partial charge in [0.25, 0.3) is 0 Å². The number of carbonyl (C=O) groups is 1. The van der Waals surface area contributed by atoms with Crippen LogP contribution in [0.2, 0.25) is 0 Å². The van der Waals surface area contributed by atoms with Gasteiger partial charge in [-0.25, -0.2) is 4.79 Å². The second kappa shape index (κ2) is 26.9. The number of aryl methyl sites for hydroxylation is 2. The summed E-state index contributed by atoms with van der Waals surface area (Å²) >= 11 is 5.10. The number of ether oxygens (including phenoxy) is 2. The van der Waals surface area contributed by atoms with E-state index in [0.717, 1.165) is 129 Å². The predicted molar refractivity (Wildman–Crippen MR) is 373 cm³/mol. The maximum Gasteiger partial charge on any atom is 0.346 e. The molecule has 5 heterocycles. The number of para-hydroxylation sites is 4. The molecule has 0 fully saturated rings. The van der Waals surface area contributed by atoms with Crippen molar-refractivity contribution >= 4 is 102 Å². The Labute approximate surface area is 533 Å². The third kappa shape index (κ3) is 12.3. The molecule has 0 spiro atoms. The van der Waals surface area contributed by atoms with Crippen LogP contribution in [0.25, 0.3) is 74.6 Å². The van der Waals surface area contributed by atoms with Crippen molar-refractivity contribution in [3.8, 4) is 64.3 Å². The number of nitrogens with zero attached hydrogens (tertiary/aromatic N) is 4. The Morgan fingerprint density at radius 3 is 1.38 bits per heavy atom. The van der Waals surface area contributed by atoms with Crippen LogP contribution in [0, 0.1) is 11.3 Å². The molecule has 0 bridgehead atoms. The van der Waals surface area contributed by atoms with E-state index in [0.29, 0.717) is 29.6 Å². The lowest BCUT2D eigenvalue weighted by Crippen LogP contribution is -2.15. The average Bonchev–Trinajstić information content (AvgIpc) is 1.63. The van der Waals surface area contributed by atoms with Gasteiger partial charge in [0.05, 0.1) is 25.7 Å². The molecule has 0 unspecified atom stereocenters. The largest absolute Gasteiger partial charge is 0.485 e. The molecule has 0 radical (unpaired) electrons. The van der Waals surface area contributed by atoms with E-state index >= 15 is 0 Å². The SMILES string of the molecule is CCCCCCc1cc(-n2c3ccc(-c4ccc(N(c5ccccc5)c5ccccc5)cc4)cc3c3cc(-c4ccc(N(c5ccccc5)c5ccccc5)cc4)ccc32)sc1-c1cc(CCCCCC)c(-c2sc(/C=C(\C#N)C(=O)O)c3c2OCCO3)s1. The zero-order chi connectivity index (χ0) is 60.6. The van der Waals surface area contributed by atoms with Crippen LogP contribution in [0.3, 0.4) is 0 Å². The number of carboxylic acids is 1. The molecule has 0 amide bonds. The summed E-state index contributed by atoms with van der Waals surface area (Å²) in [7, 11) is 0. The molecule has 0 aliphatic carbocycles. The minimum absolute atomic E-state index is 0.342. The fraction of sp³-hybridized carbons (Fsp3) is 0.179. The Hall–Kier alpha value is -9.44. The van der Waals surface area contributed by atoms with Gasteiger partial charge in [0.2, 0.25) is 0 Å². The highest BCUT2D eigenvalue weighted by Gasteiger charge is 2.30. The molecule has 1 N–H and O–H groups in total. The molecule has 13 rings (SSSR count). The second-order valence-corrected chi connectivity index (χ2v) is 25.7. The third-order valence-corrected chi connectivity index (χ3v) is 20.4. The molecule has 0 atom stereocenters. The standard InChI is InChI=1S/C78H68N4O4S3/c1-3-5-7-13-23-57-49-71(88-76(57)77-74-73(85-45-46-86-74)70(87-77)50-59(52-79)78(83)84)75-58(24-14-8-6-4-2)51-72(89-75)82-68-43-37-55(53-33-39-64(40-34-53)80(60-25-15-9-16-26-60)61-27-17-10-18-28-61)47-66(68)67-48-56(38-44-69(67)82)54-35-41-65(42-36-54)81(62-29-19-11-20-30-62)63-31-21-12-22-32-63/h9-12,15-22,25-44,47-51H,3-8,13-14,23-24,45-46H2,1-2H3,(H,83,84)/b59-50+. The number of thiophene rings is 3. The number of aromatic nitrogens is 1. The normalized spacial score (nSPS) is 12.2. The molecule has 4 aromatic heterocycles. The maximum atomic E-state index is 12.1. The van der Waals surface area contributed by atoms with E-state index in [-0.39, 0.29) is 5.57 Å². The zero-order valence-corrected chi connectivity index (χ0v) is 52.5. The van der Waals surface area contributed by atoms with Crippen LogP contribution >= 0.6 is 34.0 Å². The zero-order valence-electron chi connectivity index (χ0n) is 50.0. The molecule has 8 aromatic carbocycles. The topological polar surface area (TPSA) is 91.0 Å². The predicted octanol–water partition coefficient (Wildman–Crippen LogP) is 22.6. The fourth-order valence-electron chi connectivity index (χ4n) is 12.2. The molecule has 89 heavy (non-hydrogen) atoms. The van der Waals surface area contributed by atoms with Gasteiger partial charge in [-0.1, -0.05) is 162 Å². The molecular formula is C78H68N4O4S3. The summed E-state index contributed by atoms with van der Waals surface area (Å²) in [5.74, 6) is -0.133. The minimum atomic E-state index is -1.27. The first-order valence-corrected chi connectivity index (χ1v) is 33.4. The first-order chi connectivity index (χ1) is 43.8. The fourth-order valence-corrected chi connectivity index (χ4v) is 16.1. The Morgan fingerprint density at radius 2 is 0.933 bits per heavy atom. The quantitative estimate of drug-likeness (QED) is 0.0388. The summed E-state index contributed by atoms with van der Waals surface area (Å²) in [6.45, 7) is 5.24. The van der Waals surface area contributed by atoms with Gasteiger partial charge in [0.15, 0.2) is 11.5 Å². The van der Waals surface area contributed by atoms with Crippen molar-refractivity contribution < 1.29 is 19.4 Å². The Kier molecular flexibility index (Phi) is 17.7. The summed E-state index contributed by atoms with van der Waals surface area (Å²) in [4.78, 5) is 21.8. The average molecular weight is 1220 g/mol. The van der Waals surface area contributed by atoms with E-state index in [1.807, 2.05) is 17.4 Å². The lowest BCUT2D eigenvalue weighted by molar-refractivity contribution is -0.132. The number of benzene rings is 8. The number of carboxylic acid groups (broad SMARTS) is 1. The minimum Gasteiger partial charge on any atom is -0.485 e. The molecule has 8 nitrogen and oxygen atoms in total. The molecule has 11 heteroatoms. The van der Waals surface area contributed by atoms with Gasteiger partial charge >= 0.3 is 5.97 Å². The van der Waals surface area contributed by atoms with Gasteiger partial charge in [-0.05, 0) is 174 Å². The number of hydrogen-bond donors (Lipinski definition) is 1. The summed E-state index contributed by atoms with van der Waals surface area (Å²) in [6.07, 6.45) is 12.4. The van der Waals surface area contributed by atoms with Crippen molar-refractivity contribution in [1.29, 1.82) is 5.26 Å². The van der Waals surface area contributed by atoms with E-state index in [9.17, 15) is 15.2 Å². The summed E-state index contributed by atoms with van der Waals surface area (Å²) in [6, 6.07) is 80.9. The smallest absolute Gasteiger partial charge is 0.346 e. The van der Waals surface area contributed by atoms with Crippen LogP contribution in [0.15, 0.2) is 224 Å². The number of fused-ring (bicyclic) bond motifs is 4. The molecule has 1 aliphatic heterocycles. The summed E-state index contributed by atoms with van der Waals surface area (Å²) in [5, 5.41) is 23.3. The highest BCUT2D eigenvalue weighted by molar-refractivity contribution is 7.27. The van der Waals surface area contributed by atoms with Gasteiger partial charge in [-0.15, -0.1) is 34.0 Å². The number of aliphatic carboxylic acids is 1. The number of unbranched alkanes of at least 4 members (excludes halogenated alkanes) is 6. The first-order valence-electron chi connectivity index (χ1n) is 31.0. The van der Waals surface area contributed by atoms with Crippen LogP contribution in [-0.4, -0.2) is 28.9 Å². The van der Waals surface area contributed by atoms with Crippen molar-refractivity contribution in [1.82, 2.24) is 4.57 Å². The highest BCUT2D eigenvalue weighted by atomic mass is 32.1. The van der Waals surface area contributed by atoms with E-state index in [1.54, 1.807) is 11.3 Å². The van der Waals surface area contributed by atoms with Crippen molar-refractivity contribution in [2.24, 2.45) is 0 Å². The van der Waals surface area contributed by atoms with Crippen LogP contribution in [0.4, 0.5) is 34.1 Å². The third-order valence-electron chi connectivity index (χ3n) is 16.6. The van der Waals surface area contributed by atoms with Crippen molar-refractivity contribution in [3.63, 3.8) is 0 Å². The van der Waals surface area contributed by atoms with E-state index < -0.39 is 5.97 Å². The van der Waals surface area contributed by atoms with Crippen molar-refractivity contribution in [2.45, 2.75) is 78.1 Å². The van der Waals surface area contributed by atoms with Gasteiger partial charge in [-0.2, -0.15) is 5.26 Å². The monoisotopic (exact) mass is 1220 g/mol. The second-order valence-electron chi connectivity index (χ2n) is 22.6.